The van der Waals surface area contributed by atoms with E-state index in [-0.39, 0.29) is 11.3 Å². The Kier molecular flexibility index (Phi) is 6.40. The highest BCUT2D eigenvalue weighted by Crippen LogP contribution is 2.57. The first-order valence-electron chi connectivity index (χ1n) is 12.1. The molecular formula is C26H40O6. The molecular weight excluding hydrogens is 408 g/mol. The van der Waals surface area contributed by atoms with Crippen molar-refractivity contribution < 1.29 is 29.9 Å². The third-order valence-electron chi connectivity index (χ3n) is 8.50. The van der Waals surface area contributed by atoms with Crippen LogP contribution in [0.15, 0.2) is 12.1 Å². The van der Waals surface area contributed by atoms with Crippen LogP contribution in [0.3, 0.4) is 0 Å². The molecule has 1 aromatic rings. The van der Waals surface area contributed by atoms with Crippen LogP contribution in [0.2, 0.25) is 0 Å². The summed E-state index contributed by atoms with van der Waals surface area (Å²) >= 11 is 0. The lowest BCUT2D eigenvalue weighted by molar-refractivity contribution is -0.277. The van der Waals surface area contributed by atoms with E-state index in [1.54, 1.807) is 0 Å². The number of ether oxygens (including phenoxy) is 2. The largest absolute Gasteiger partial charge is 0.462 e. The molecule has 0 amide bonds. The molecule has 1 heterocycles. The van der Waals surface area contributed by atoms with Crippen molar-refractivity contribution in [3.05, 3.63) is 28.8 Å². The summed E-state index contributed by atoms with van der Waals surface area (Å²) in [5, 5.41) is 40.3. The van der Waals surface area contributed by atoms with Crippen LogP contribution in [0.4, 0.5) is 0 Å². The molecule has 6 nitrogen and oxygen atoms in total. The van der Waals surface area contributed by atoms with E-state index < -0.39 is 37.3 Å². The maximum absolute atomic E-state index is 10.5. The van der Waals surface area contributed by atoms with Crippen LogP contribution in [0.1, 0.15) is 82.9 Å². The summed E-state index contributed by atoms with van der Waals surface area (Å²) < 4.78 is 11.8. The monoisotopic (exact) mass is 448 g/mol. The second-order valence-corrected chi connectivity index (χ2v) is 11.4. The molecule has 4 N–H and O–H groups in total. The van der Waals surface area contributed by atoms with Crippen LogP contribution in [-0.4, -0.2) is 57.7 Å². The minimum Gasteiger partial charge on any atom is -0.462 e. The average Bonchev–Trinajstić information content (AvgIpc) is 2.73. The standard InChI is InChI=1S/C26H40O6/c1-14(2)16-11-15-7-8-20-25(3,4)9-6-10-26(20,5)17(15)12-18(16)31-24-23(30)22(29)21(28)19(13-27)32-24/h11-12,14,19-24,27-30H,6-10,13H2,1-5H3/t19-,20+,21-,22+,23-,24-,26-/m1/s1. The number of aryl methyl sites for hydroxylation is 1. The number of fused-ring (bicyclic) bond motifs is 3. The number of aliphatic hydroxyl groups is 4. The molecule has 0 bridgehead atoms. The summed E-state index contributed by atoms with van der Waals surface area (Å²) in [6.07, 6.45) is -0.570. The Balaban J connectivity index is 1.73. The van der Waals surface area contributed by atoms with Crippen LogP contribution in [-0.2, 0) is 16.6 Å². The molecule has 3 aliphatic rings. The Bertz CT molecular complexity index is 834. The van der Waals surface area contributed by atoms with Gasteiger partial charge in [-0.15, -0.1) is 0 Å². The van der Waals surface area contributed by atoms with E-state index >= 15 is 0 Å². The molecule has 1 aliphatic heterocycles. The fourth-order valence-corrected chi connectivity index (χ4v) is 6.68. The maximum atomic E-state index is 10.5. The van der Waals surface area contributed by atoms with Gasteiger partial charge in [0.15, 0.2) is 0 Å². The summed E-state index contributed by atoms with van der Waals surface area (Å²) in [5.41, 5.74) is 4.10. The minimum absolute atomic E-state index is 0.0678. The zero-order valence-corrected chi connectivity index (χ0v) is 20.0. The lowest BCUT2D eigenvalue weighted by Gasteiger charge is -2.54. The topological polar surface area (TPSA) is 99.4 Å². The fraction of sp³-hybridized carbons (Fsp3) is 0.769. The van der Waals surface area contributed by atoms with E-state index in [1.165, 1.54) is 30.4 Å². The average molecular weight is 449 g/mol. The third kappa shape index (κ3) is 3.88. The predicted octanol–water partition coefficient (Wildman–Crippen LogP) is 3.02. The zero-order valence-electron chi connectivity index (χ0n) is 20.0. The first kappa shape index (κ1) is 24.0. The van der Waals surface area contributed by atoms with Gasteiger partial charge in [-0.3, -0.25) is 0 Å². The normalized spacial score (nSPS) is 38.8. The Morgan fingerprint density at radius 2 is 1.78 bits per heavy atom. The molecule has 32 heavy (non-hydrogen) atoms. The van der Waals surface area contributed by atoms with Crippen LogP contribution >= 0.6 is 0 Å². The molecule has 180 valence electrons. The zero-order chi connectivity index (χ0) is 23.4. The smallest absolute Gasteiger partial charge is 0.229 e. The van der Waals surface area contributed by atoms with Gasteiger partial charge in [0.2, 0.25) is 6.29 Å². The molecule has 1 saturated heterocycles. The van der Waals surface area contributed by atoms with Crippen molar-refractivity contribution in [3.8, 4) is 5.75 Å². The van der Waals surface area contributed by atoms with Gasteiger partial charge in [0.25, 0.3) is 0 Å². The second kappa shape index (κ2) is 8.55. The SMILES string of the molecule is CC(C)c1cc2c(cc1O[C@@H]1O[C@H](CO)[C@@H](O)[C@H](O)[C@H]1O)[C@@]1(C)CCCC(C)(C)[C@@H]1CC2. The number of aliphatic hydroxyl groups excluding tert-OH is 4. The summed E-state index contributed by atoms with van der Waals surface area (Å²) in [6.45, 7) is 10.9. The molecule has 2 fully saturated rings. The quantitative estimate of drug-likeness (QED) is 0.565. The van der Waals surface area contributed by atoms with Gasteiger partial charge in [0.1, 0.15) is 30.2 Å². The van der Waals surface area contributed by atoms with E-state index in [0.29, 0.717) is 17.1 Å². The van der Waals surface area contributed by atoms with E-state index in [4.69, 9.17) is 9.47 Å². The van der Waals surface area contributed by atoms with E-state index in [9.17, 15) is 20.4 Å². The summed E-state index contributed by atoms with van der Waals surface area (Å²) in [4.78, 5) is 0. The van der Waals surface area contributed by atoms with E-state index in [1.807, 2.05) is 0 Å². The van der Waals surface area contributed by atoms with Gasteiger partial charge in [-0.05, 0) is 71.1 Å². The molecule has 2 aliphatic carbocycles. The first-order chi connectivity index (χ1) is 15.0. The second-order valence-electron chi connectivity index (χ2n) is 11.4. The number of rotatable bonds is 4. The van der Waals surface area contributed by atoms with Crippen LogP contribution < -0.4 is 4.74 Å². The molecule has 7 atom stereocenters. The highest BCUT2D eigenvalue weighted by atomic mass is 16.7. The molecule has 0 unspecified atom stereocenters. The van der Waals surface area contributed by atoms with E-state index in [0.717, 1.165) is 18.4 Å². The molecule has 0 aromatic heterocycles. The molecule has 0 radical (unpaired) electrons. The highest BCUT2D eigenvalue weighted by Gasteiger charge is 2.50. The lowest BCUT2D eigenvalue weighted by Crippen LogP contribution is -2.60. The summed E-state index contributed by atoms with van der Waals surface area (Å²) in [7, 11) is 0. The Morgan fingerprint density at radius 3 is 2.44 bits per heavy atom. The Morgan fingerprint density at radius 1 is 1.06 bits per heavy atom. The predicted molar refractivity (Wildman–Crippen MR) is 122 cm³/mol. The van der Waals surface area contributed by atoms with Crippen molar-refractivity contribution in [3.63, 3.8) is 0 Å². The van der Waals surface area contributed by atoms with Crippen molar-refractivity contribution in [2.75, 3.05) is 6.61 Å². The fourth-order valence-electron chi connectivity index (χ4n) is 6.68. The maximum Gasteiger partial charge on any atom is 0.229 e. The molecule has 6 heteroatoms. The first-order valence-corrected chi connectivity index (χ1v) is 12.1. The third-order valence-corrected chi connectivity index (χ3v) is 8.50. The Labute approximate surface area is 191 Å². The van der Waals surface area contributed by atoms with Crippen molar-refractivity contribution in [2.24, 2.45) is 11.3 Å². The van der Waals surface area contributed by atoms with Gasteiger partial charge >= 0.3 is 0 Å². The molecule has 0 spiro atoms. The van der Waals surface area contributed by atoms with Crippen LogP contribution in [0.25, 0.3) is 0 Å². The van der Waals surface area contributed by atoms with Gasteiger partial charge in [0.05, 0.1) is 6.61 Å². The molecule has 1 aromatic carbocycles. The van der Waals surface area contributed by atoms with Crippen molar-refractivity contribution in [1.82, 2.24) is 0 Å². The lowest BCUT2D eigenvalue weighted by atomic mass is 9.50. The highest BCUT2D eigenvalue weighted by molar-refractivity contribution is 5.49. The van der Waals surface area contributed by atoms with Crippen LogP contribution in [0.5, 0.6) is 5.75 Å². The van der Waals surface area contributed by atoms with E-state index in [2.05, 4.69) is 46.8 Å². The van der Waals surface area contributed by atoms with Gasteiger partial charge in [-0.2, -0.15) is 0 Å². The van der Waals surface area contributed by atoms with Crippen molar-refractivity contribution in [1.29, 1.82) is 0 Å². The van der Waals surface area contributed by atoms with Crippen molar-refractivity contribution in [2.45, 2.75) is 109 Å². The van der Waals surface area contributed by atoms with Crippen LogP contribution in [0, 0.1) is 11.3 Å². The van der Waals surface area contributed by atoms with Crippen molar-refractivity contribution >= 4 is 0 Å². The van der Waals surface area contributed by atoms with Gasteiger partial charge < -0.3 is 29.9 Å². The van der Waals surface area contributed by atoms with Gasteiger partial charge in [0, 0.05) is 0 Å². The Hall–Kier alpha value is -1.18. The summed E-state index contributed by atoms with van der Waals surface area (Å²) in [5.74, 6) is 1.45. The summed E-state index contributed by atoms with van der Waals surface area (Å²) in [6, 6.07) is 4.39. The number of hydrogen-bond donors (Lipinski definition) is 4. The molecule has 1 saturated carbocycles. The van der Waals surface area contributed by atoms with Gasteiger partial charge in [-0.1, -0.05) is 47.1 Å². The number of hydrogen-bond acceptors (Lipinski definition) is 6. The number of benzene rings is 1. The minimum atomic E-state index is -1.45. The molecule has 4 rings (SSSR count). The van der Waals surface area contributed by atoms with Gasteiger partial charge in [-0.25, -0.2) is 0 Å².